The first-order chi connectivity index (χ1) is 14.0. The molecule has 4 amide bonds. The van der Waals surface area contributed by atoms with Crippen molar-refractivity contribution in [1.82, 2.24) is 4.90 Å². The van der Waals surface area contributed by atoms with Crippen LogP contribution in [0.2, 0.25) is 0 Å². The summed E-state index contributed by atoms with van der Waals surface area (Å²) in [6.45, 7) is -1.25. The van der Waals surface area contributed by atoms with E-state index >= 15 is 0 Å². The van der Waals surface area contributed by atoms with Crippen LogP contribution in [-0.4, -0.2) is 54.2 Å². The van der Waals surface area contributed by atoms with Crippen molar-refractivity contribution in [3.05, 3.63) is 24.3 Å². The highest BCUT2D eigenvalue weighted by molar-refractivity contribution is 6.10. The van der Waals surface area contributed by atoms with E-state index < -0.39 is 25.0 Å². The van der Waals surface area contributed by atoms with E-state index in [9.17, 15) is 24.0 Å². The summed E-state index contributed by atoms with van der Waals surface area (Å²) in [7, 11) is 0. The summed E-state index contributed by atoms with van der Waals surface area (Å²) in [4.78, 5) is 63.5. The molecule has 1 saturated carbocycles. The van der Waals surface area contributed by atoms with Gasteiger partial charge in [-0.15, -0.1) is 0 Å². The zero-order valence-corrected chi connectivity index (χ0v) is 15.8. The summed E-state index contributed by atoms with van der Waals surface area (Å²) >= 11 is 0. The van der Waals surface area contributed by atoms with Gasteiger partial charge in [0.2, 0.25) is 17.7 Å². The number of hydrogen-bond donors (Lipinski definition) is 1. The molecule has 2 fully saturated rings. The van der Waals surface area contributed by atoms with Gasteiger partial charge in [0, 0.05) is 0 Å². The monoisotopic (exact) mass is 399 g/mol. The minimum absolute atomic E-state index is 0.181. The first kappa shape index (κ1) is 19.1. The van der Waals surface area contributed by atoms with Gasteiger partial charge in [-0.1, -0.05) is 25.0 Å². The average Bonchev–Trinajstić information content (AvgIpc) is 2.96. The summed E-state index contributed by atoms with van der Waals surface area (Å²) in [6.07, 6.45) is 3.13. The largest absolute Gasteiger partial charge is 0.454 e. The van der Waals surface area contributed by atoms with Gasteiger partial charge in [0.15, 0.2) is 6.61 Å². The fourth-order valence-corrected chi connectivity index (χ4v) is 4.24. The van der Waals surface area contributed by atoms with E-state index in [4.69, 9.17) is 4.74 Å². The summed E-state index contributed by atoms with van der Waals surface area (Å²) in [5.41, 5.74) is 1.02. The van der Waals surface area contributed by atoms with Crippen LogP contribution in [0, 0.1) is 11.8 Å². The number of ether oxygens (including phenoxy) is 1. The number of rotatable bonds is 4. The van der Waals surface area contributed by atoms with E-state index in [0.717, 1.165) is 17.7 Å². The number of benzene rings is 1. The Morgan fingerprint density at radius 1 is 1.03 bits per heavy atom. The molecule has 3 aliphatic rings. The number of nitrogens with zero attached hydrogens (tertiary/aromatic N) is 2. The van der Waals surface area contributed by atoms with Crippen molar-refractivity contribution in [2.24, 2.45) is 11.8 Å². The lowest BCUT2D eigenvalue weighted by Crippen LogP contribution is -2.44. The molecule has 29 heavy (non-hydrogen) atoms. The third-order valence-corrected chi connectivity index (χ3v) is 5.65. The summed E-state index contributed by atoms with van der Waals surface area (Å²) in [6, 6.07) is 6.81. The lowest BCUT2D eigenvalue weighted by Gasteiger charge is -2.28. The van der Waals surface area contributed by atoms with Crippen molar-refractivity contribution in [2.45, 2.75) is 25.7 Å². The Kier molecular flexibility index (Phi) is 5.04. The second-order valence-electron chi connectivity index (χ2n) is 7.47. The normalized spacial score (nSPS) is 23.4. The molecule has 1 aromatic rings. The van der Waals surface area contributed by atoms with Crippen molar-refractivity contribution in [1.29, 1.82) is 0 Å². The van der Waals surface area contributed by atoms with Crippen molar-refractivity contribution in [3.8, 4) is 0 Å². The first-order valence-corrected chi connectivity index (χ1v) is 9.66. The molecule has 4 rings (SSSR count). The van der Waals surface area contributed by atoms with E-state index in [1.54, 1.807) is 24.3 Å². The SMILES string of the molecule is O=C1CN(C(=O)COC(=O)CN2C(=O)[C@@H]3CCCC[C@H]3C2=O)c2ccccc2N1. The molecule has 0 aromatic heterocycles. The zero-order valence-electron chi connectivity index (χ0n) is 15.8. The maximum atomic E-state index is 12.5. The van der Waals surface area contributed by atoms with E-state index in [-0.39, 0.29) is 36.1 Å². The molecule has 0 unspecified atom stereocenters. The van der Waals surface area contributed by atoms with Gasteiger partial charge in [0.1, 0.15) is 13.1 Å². The lowest BCUT2D eigenvalue weighted by atomic mass is 9.81. The van der Waals surface area contributed by atoms with Crippen molar-refractivity contribution in [2.75, 3.05) is 29.9 Å². The van der Waals surface area contributed by atoms with Crippen LogP contribution in [0.15, 0.2) is 24.3 Å². The third-order valence-electron chi connectivity index (χ3n) is 5.65. The summed E-state index contributed by atoms with van der Waals surface area (Å²) < 4.78 is 5.01. The Bertz CT molecular complexity index is 874. The van der Waals surface area contributed by atoms with E-state index in [1.807, 2.05) is 0 Å². The number of likely N-dealkylation sites (tertiary alicyclic amines) is 1. The lowest BCUT2D eigenvalue weighted by molar-refractivity contribution is -0.154. The average molecular weight is 399 g/mol. The van der Waals surface area contributed by atoms with Crippen LogP contribution in [-0.2, 0) is 28.7 Å². The molecule has 2 heterocycles. The number of carbonyl (C=O) groups is 5. The number of para-hydroxylation sites is 2. The molecule has 0 bridgehead atoms. The van der Waals surface area contributed by atoms with Crippen LogP contribution < -0.4 is 10.2 Å². The first-order valence-electron chi connectivity index (χ1n) is 9.66. The van der Waals surface area contributed by atoms with E-state index in [1.165, 1.54) is 4.90 Å². The van der Waals surface area contributed by atoms with Crippen LogP contribution in [0.4, 0.5) is 11.4 Å². The number of nitrogens with one attached hydrogen (secondary N) is 1. The van der Waals surface area contributed by atoms with Gasteiger partial charge < -0.3 is 10.1 Å². The van der Waals surface area contributed by atoms with Crippen LogP contribution >= 0.6 is 0 Å². The van der Waals surface area contributed by atoms with Crippen molar-refractivity contribution < 1.29 is 28.7 Å². The van der Waals surface area contributed by atoms with Crippen molar-refractivity contribution >= 4 is 41.0 Å². The Morgan fingerprint density at radius 3 is 2.38 bits per heavy atom. The van der Waals surface area contributed by atoms with Crippen LogP contribution in [0.3, 0.4) is 0 Å². The second-order valence-corrected chi connectivity index (χ2v) is 7.47. The predicted octanol–water partition coefficient (Wildman–Crippen LogP) is 0.690. The van der Waals surface area contributed by atoms with Crippen LogP contribution in [0.5, 0.6) is 0 Å². The topological polar surface area (TPSA) is 113 Å². The van der Waals surface area contributed by atoms with Gasteiger partial charge in [0.25, 0.3) is 5.91 Å². The van der Waals surface area contributed by atoms with E-state index in [2.05, 4.69) is 5.32 Å². The Labute approximate surface area is 167 Å². The maximum Gasteiger partial charge on any atom is 0.326 e. The highest BCUT2D eigenvalue weighted by Crippen LogP contribution is 2.37. The van der Waals surface area contributed by atoms with Gasteiger partial charge in [-0.2, -0.15) is 0 Å². The molecule has 1 N–H and O–H groups in total. The number of anilines is 2. The molecule has 1 aromatic carbocycles. The summed E-state index contributed by atoms with van der Waals surface area (Å²) in [5.74, 6) is -3.07. The zero-order chi connectivity index (χ0) is 20.5. The molecule has 1 aliphatic carbocycles. The predicted molar refractivity (Wildman–Crippen MR) is 101 cm³/mol. The molecular formula is C20H21N3O6. The molecule has 0 radical (unpaired) electrons. The minimum atomic E-state index is -0.826. The molecule has 2 aliphatic heterocycles. The molecular weight excluding hydrogens is 378 g/mol. The number of esters is 1. The van der Waals surface area contributed by atoms with Gasteiger partial charge in [-0.05, 0) is 25.0 Å². The van der Waals surface area contributed by atoms with E-state index in [0.29, 0.717) is 24.2 Å². The molecule has 0 spiro atoms. The smallest absolute Gasteiger partial charge is 0.326 e. The Hall–Kier alpha value is -3.23. The van der Waals surface area contributed by atoms with Crippen LogP contribution in [0.25, 0.3) is 0 Å². The minimum Gasteiger partial charge on any atom is -0.454 e. The van der Waals surface area contributed by atoms with Crippen molar-refractivity contribution in [3.63, 3.8) is 0 Å². The number of imide groups is 1. The van der Waals surface area contributed by atoms with Crippen LogP contribution in [0.1, 0.15) is 25.7 Å². The molecule has 2 atom stereocenters. The Morgan fingerprint density at radius 2 is 1.69 bits per heavy atom. The van der Waals surface area contributed by atoms with Gasteiger partial charge >= 0.3 is 5.97 Å². The summed E-state index contributed by atoms with van der Waals surface area (Å²) in [5, 5.41) is 2.67. The standard InChI is InChI=1S/C20H21N3O6/c24-16-9-22(15-8-4-3-7-14(15)21-16)17(25)11-29-18(26)10-23-19(27)12-5-1-2-6-13(12)20(23)28/h3-4,7-8,12-13H,1-2,5-6,9-11H2,(H,21,24)/t12-,13-/m1/s1. The number of amides is 4. The fraction of sp³-hybridized carbons (Fsp3) is 0.450. The van der Waals surface area contributed by atoms with Gasteiger partial charge in [-0.3, -0.25) is 33.8 Å². The maximum absolute atomic E-state index is 12.5. The quantitative estimate of drug-likeness (QED) is 0.589. The molecule has 9 heteroatoms. The highest BCUT2D eigenvalue weighted by Gasteiger charge is 2.48. The number of carbonyl (C=O) groups excluding carboxylic acids is 5. The molecule has 1 saturated heterocycles. The number of fused-ring (bicyclic) bond motifs is 2. The van der Waals surface area contributed by atoms with Gasteiger partial charge in [-0.25, -0.2) is 0 Å². The molecule has 152 valence electrons. The molecule has 9 nitrogen and oxygen atoms in total. The third kappa shape index (κ3) is 3.59. The van der Waals surface area contributed by atoms with Gasteiger partial charge in [0.05, 0.1) is 23.2 Å². The Balaban J connectivity index is 1.35. The fourth-order valence-electron chi connectivity index (χ4n) is 4.24. The second kappa shape index (κ2) is 7.65. The highest BCUT2D eigenvalue weighted by atomic mass is 16.5. The number of hydrogen-bond acceptors (Lipinski definition) is 6.